The smallest absolute Gasteiger partial charge is 0.127 e. The maximum atomic E-state index is 10.3. The lowest BCUT2D eigenvalue weighted by Crippen LogP contribution is -1.92. The normalized spacial score (nSPS) is 10.5. The molecule has 0 aliphatic heterocycles. The number of aromatic hydroxyl groups is 2. The van der Waals surface area contributed by atoms with Gasteiger partial charge in [-0.1, -0.05) is 60.7 Å². The van der Waals surface area contributed by atoms with Gasteiger partial charge in [-0.25, -0.2) is 0 Å². The summed E-state index contributed by atoms with van der Waals surface area (Å²) < 4.78 is 0. The average Bonchev–Trinajstić information content (AvgIpc) is 2.54. The molecule has 0 atom stereocenters. The monoisotopic (exact) mass is 290 g/mol. The van der Waals surface area contributed by atoms with Crippen LogP contribution >= 0.6 is 0 Å². The van der Waals surface area contributed by atoms with Crippen molar-refractivity contribution in [2.24, 2.45) is 0 Å². The van der Waals surface area contributed by atoms with Crippen molar-refractivity contribution in [3.63, 3.8) is 0 Å². The minimum atomic E-state index is 0.120. The number of aryl methyl sites for hydroxylation is 2. The van der Waals surface area contributed by atoms with Crippen molar-refractivity contribution < 1.29 is 10.2 Å². The first-order valence-corrected chi connectivity index (χ1v) is 7.38. The number of benzene rings is 3. The summed E-state index contributed by atoms with van der Waals surface area (Å²) in [6.45, 7) is 0. The van der Waals surface area contributed by atoms with Crippen LogP contribution in [-0.2, 0) is 12.8 Å². The second-order valence-electron chi connectivity index (χ2n) is 5.36. The lowest BCUT2D eigenvalue weighted by Gasteiger charge is -2.10. The quantitative estimate of drug-likeness (QED) is 0.740. The lowest BCUT2D eigenvalue weighted by atomic mass is 9.98. The summed E-state index contributed by atoms with van der Waals surface area (Å²) in [6, 6.07) is 23.1. The van der Waals surface area contributed by atoms with Crippen LogP contribution in [0.1, 0.15) is 11.1 Å². The van der Waals surface area contributed by atoms with Crippen LogP contribution in [-0.4, -0.2) is 10.2 Å². The number of hydrogen-bond acceptors (Lipinski definition) is 2. The summed E-state index contributed by atoms with van der Waals surface area (Å²) >= 11 is 0. The van der Waals surface area contributed by atoms with Gasteiger partial charge < -0.3 is 10.2 Å². The third-order valence-electron chi connectivity index (χ3n) is 3.76. The van der Waals surface area contributed by atoms with E-state index in [0.717, 1.165) is 24.0 Å². The third kappa shape index (κ3) is 3.12. The topological polar surface area (TPSA) is 40.5 Å². The maximum absolute atomic E-state index is 10.3. The van der Waals surface area contributed by atoms with Crippen molar-refractivity contribution in [2.45, 2.75) is 12.8 Å². The Balaban J connectivity index is 1.84. The Morgan fingerprint density at radius 2 is 1.09 bits per heavy atom. The molecule has 2 heteroatoms. The number of rotatable bonds is 4. The fourth-order valence-electron chi connectivity index (χ4n) is 2.65. The minimum absolute atomic E-state index is 0.120. The fourth-order valence-corrected chi connectivity index (χ4v) is 2.65. The van der Waals surface area contributed by atoms with Gasteiger partial charge >= 0.3 is 0 Å². The summed E-state index contributed by atoms with van der Waals surface area (Å²) in [7, 11) is 0. The van der Waals surface area contributed by atoms with Gasteiger partial charge in [-0.3, -0.25) is 0 Å². The molecule has 0 amide bonds. The third-order valence-corrected chi connectivity index (χ3v) is 3.76. The van der Waals surface area contributed by atoms with E-state index in [4.69, 9.17) is 0 Å². The Morgan fingerprint density at radius 3 is 1.68 bits per heavy atom. The molecule has 0 aliphatic rings. The molecule has 0 radical (unpaired) electrons. The van der Waals surface area contributed by atoms with E-state index in [2.05, 4.69) is 12.1 Å². The molecular formula is C20H18O2. The van der Waals surface area contributed by atoms with Crippen LogP contribution in [0.4, 0.5) is 0 Å². The van der Waals surface area contributed by atoms with Gasteiger partial charge in [0.15, 0.2) is 0 Å². The van der Waals surface area contributed by atoms with Crippen molar-refractivity contribution in [2.75, 3.05) is 0 Å². The highest BCUT2D eigenvalue weighted by molar-refractivity contribution is 5.76. The van der Waals surface area contributed by atoms with Crippen LogP contribution in [0.3, 0.4) is 0 Å². The molecule has 0 spiro atoms. The van der Waals surface area contributed by atoms with E-state index in [9.17, 15) is 10.2 Å². The summed E-state index contributed by atoms with van der Waals surface area (Å²) in [6.07, 6.45) is 1.66. The number of phenols is 2. The first-order valence-electron chi connectivity index (χ1n) is 7.38. The van der Waals surface area contributed by atoms with E-state index in [1.807, 2.05) is 48.5 Å². The van der Waals surface area contributed by atoms with Crippen LogP contribution in [0.5, 0.6) is 11.5 Å². The molecule has 3 rings (SSSR count). The van der Waals surface area contributed by atoms with Crippen molar-refractivity contribution >= 4 is 0 Å². The summed E-state index contributed by atoms with van der Waals surface area (Å²) in [5.41, 5.74) is 3.48. The Kier molecular flexibility index (Phi) is 4.10. The Hall–Kier alpha value is -2.74. The van der Waals surface area contributed by atoms with Crippen LogP contribution in [0.2, 0.25) is 0 Å². The fraction of sp³-hybridized carbons (Fsp3) is 0.100. The van der Waals surface area contributed by atoms with Gasteiger partial charge in [0.2, 0.25) is 0 Å². The lowest BCUT2D eigenvalue weighted by molar-refractivity contribution is 0.453. The SMILES string of the molecule is Oc1cc(CCc2ccccc2)cc(O)c1-c1ccccc1. The zero-order valence-corrected chi connectivity index (χ0v) is 12.2. The number of phenolic OH excluding ortho intramolecular Hbond substituents is 2. The molecule has 0 bridgehead atoms. The zero-order valence-electron chi connectivity index (χ0n) is 12.2. The van der Waals surface area contributed by atoms with Gasteiger partial charge in [0.05, 0.1) is 5.56 Å². The standard InChI is InChI=1S/C20H18O2/c21-18-13-16(12-11-15-7-3-1-4-8-15)14-19(22)20(18)17-9-5-2-6-10-17/h1-10,13-14,21-22H,11-12H2. The van der Waals surface area contributed by atoms with Gasteiger partial charge in [0.25, 0.3) is 0 Å². The average molecular weight is 290 g/mol. The van der Waals surface area contributed by atoms with Crippen molar-refractivity contribution in [1.82, 2.24) is 0 Å². The first-order chi connectivity index (χ1) is 10.7. The van der Waals surface area contributed by atoms with Crippen LogP contribution in [0, 0.1) is 0 Å². The number of hydrogen-bond donors (Lipinski definition) is 2. The predicted octanol–water partition coefficient (Wildman–Crippen LogP) is 4.55. The highest BCUT2D eigenvalue weighted by Crippen LogP contribution is 2.38. The molecule has 110 valence electrons. The van der Waals surface area contributed by atoms with Gasteiger partial charge in [-0.2, -0.15) is 0 Å². The molecule has 0 aromatic heterocycles. The van der Waals surface area contributed by atoms with Crippen molar-refractivity contribution in [1.29, 1.82) is 0 Å². The van der Waals surface area contributed by atoms with Crippen molar-refractivity contribution in [3.05, 3.63) is 83.9 Å². The first kappa shape index (κ1) is 14.2. The van der Waals surface area contributed by atoms with E-state index >= 15 is 0 Å². The molecular weight excluding hydrogens is 272 g/mol. The Morgan fingerprint density at radius 1 is 0.591 bits per heavy atom. The van der Waals surface area contributed by atoms with E-state index in [1.165, 1.54) is 5.56 Å². The molecule has 0 saturated carbocycles. The van der Waals surface area contributed by atoms with Crippen LogP contribution in [0.25, 0.3) is 11.1 Å². The molecule has 2 N–H and O–H groups in total. The van der Waals surface area contributed by atoms with Crippen molar-refractivity contribution in [3.8, 4) is 22.6 Å². The summed E-state index contributed by atoms with van der Waals surface area (Å²) in [5.74, 6) is 0.239. The van der Waals surface area contributed by atoms with Crippen LogP contribution < -0.4 is 0 Å². The maximum Gasteiger partial charge on any atom is 0.127 e. The molecule has 22 heavy (non-hydrogen) atoms. The highest BCUT2D eigenvalue weighted by Gasteiger charge is 2.11. The van der Waals surface area contributed by atoms with Gasteiger partial charge in [0.1, 0.15) is 11.5 Å². The molecule has 0 unspecified atom stereocenters. The minimum Gasteiger partial charge on any atom is -0.507 e. The molecule has 2 nitrogen and oxygen atoms in total. The summed E-state index contributed by atoms with van der Waals surface area (Å²) in [5, 5.41) is 20.5. The van der Waals surface area contributed by atoms with Gasteiger partial charge in [-0.05, 0) is 41.7 Å². The summed E-state index contributed by atoms with van der Waals surface area (Å²) in [4.78, 5) is 0. The molecule has 0 fully saturated rings. The predicted molar refractivity (Wildman–Crippen MR) is 89.1 cm³/mol. The molecule has 0 heterocycles. The highest BCUT2D eigenvalue weighted by atomic mass is 16.3. The van der Waals surface area contributed by atoms with Gasteiger partial charge in [0, 0.05) is 0 Å². The second kappa shape index (κ2) is 6.35. The largest absolute Gasteiger partial charge is 0.507 e. The van der Waals surface area contributed by atoms with E-state index in [0.29, 0.717) is 5.56 Å². The van der Waals surface area contributed by atoms with E-state index < -0.39 is 0 Å². The van der Waals surface area contributed by atoms with Gasteiger partial charge in [-0.15, -0.1) is 0 Å². The Bertz CT molecular complexity index is 726. The van der Waals surface area contributed by atoms with Crippen LogP contribution in [0.15, 0.2) is 72.8 Å². The molecule has 0 saturated heterocycles. The molecule has 3 aromatic carbocycles. The molecule has 3 aromatic rings. The Labute approximate surface area is 130 Å². The van der Waals surface area contributed by atoms with E-state index in [-0.39, 0.29) is 11.5 Å². The second-order valence-corrected chi connectivity index (χ2v) is 5.36. The van der Waals surface area contributed by atoms with E-state index in [1.54, 1.807) is 12.1 Å². The zero-order chi connectivity index (χ0) is 15.4. The molecule has 0 aliphatic carbocycles.